The fourth-order valence-corrected chi connectivity index (χ4v) is 2.94. The summed E-state index contributed by atoms with van der Waals surface area (Å²) in [4.78, 5) is 14.2. The molecule has 0 bridgehead atoms. The van der Waals surface area contributed by atoms with Crippen molar-refractivity contribution in [1.82, 2.24) is 4.90 Å². The van der Waals surface area contributed by atoms with E-state index in [0.717, 1.165) is 45.2 Å². The van der Waals surface area contributed by atoms with Crippen molar-refractivity contribution in [3.05, 3.63) is 35.9 Å². The lowest BCUT2D eigenvalue weighted by atomic mass is 9.89. The molecule has 1 fully saturated rings. The lowest BCUT2D eigenvalue weighted by Gasteiger charge is -2.33. The molecule has 1 heterocycles. The lowest BCUT2D eigenvalue weighted by Crippen LogP contribution is -2.46. The van der Waals surface area contributed by atoms with Gasteiger partial charge in [0.1, 0.15) is 0 Å². The SMILES string of the molecule is CCCCC(N)C(=O)N1CCC(c2ccccc2)CC1. The van der Waals surface area contributed by atoms with E-state index in [2.05, 4.69) is 37.3 Å². The Balaban J connectivity index is 1.83. The van der Waals surface area contributed by atoms with E-state index in [0.29, 0.717) is 5.92 Å². The molecule has 2 N–H and O–H groups in total. The second kappa shape index (κ2) is 7.44. The van der Waals surface area contributed by atoms with Crippen molar-refractivity contribution in [1.29, 1.82) is 0 Å². The predicted octanol–water partition coefficient (Wildman–Crippen LogP) is 2.91. The zero-order valence-corrected chi connectivity index (χ0v) is 12.4. The highest BCUT2D eigenvalue weighted by atomic mass is 16.2. The van der Waals surface area contributed by atoms with Gasteiger partial charge in [0, 0.05) is 13.1 Å². The monoisotopic (exact) mass is 274 g/mol. The number of carbonyl (C=O) groups is 1. The largest absolute Gasteiger partial charge is 0.341 e. The van der Waals surface area contributed by atoms with Gasteiger partial charge >= 0.3 is 0 Å². The zero-order valence-electron chi connectivity index (χ0n) is 12.4. The Bertz CT molecular complexity index is 410. The smallest absolute Gasteiger partial charge is 0.239 e. The van der Waals surface area contributed by atoms with Gasteiger partial charge in [-0.05, 0) is 30.7 Å². The van der Waals surface area contributed by atoms with Crippen molar-refractivity contribution >= 4 is 5.91 Å². The molecule has 110 valence electrons. The van der Waals surface area contributed by atoms with Crippen LogP contribution in [0.1, 0.15) is 50.5 Å². The molecular weight excluding hydrogens is 248 g/mol. The number of hydrogen-bond donors (Lipinski definition) is 1. The van der Waals surface area contributed by atoms with E-state index >= 15 is 0 Å². The second-order valence-electron chi connectivity index (χ2n) is 5.76. The first-order valence-corrected chi connectivity index (χ1v) is 7.81. The molecule has 3 nitrogen and oxygen atoms in total. The average molecular weight is 274 g/mol. The first-order chi connectivity index (χ1) is 9.72. The lowest BCUT2D eigenvalue weighted by molar-refractivity contribution is -0.133. The zero-order chi connectivity index (χ0) is 14.4. The number of amides is 1. The van der Waals surface area contributed by atoms with Gasteiger partial charge < -0.3 is 10.6 Å². The first-order valence-electron chi connectivity index (χ1n) is 7.81. The van der Waals surface area contributed by atoms with Gasteiger partial charge in [0.15, 0.2) is 0 Å². The highest BCUT2D eigenvalue weighted by Crippen LogP contribution is 2.28. The molecule has 0 aliphatic carbocycles. The van der Waals surface area contributed by atoms with Crippen molar-refractivity contribution in [3.63, 3.8) is 0 Å². The highest BCUT2D eigenvalue weighted by molar-refractivity contribution is 5.81. The fourth-order valence-electron chi connectivity index (χ4n) is 2.94. The third kappa shape index (κ3) is 3.83. The van der Waals surface area contributed by atoms with Crippen LogP contribution in [0.15, 0.2) is 30.3 Å². The molecular formula is C17H26N2O. The van der Waals surface area contributed by atoms with Crippen LogP contribution in [0.5, 0.6) is 0 Å². The number of likely N-dealkylation sites (tertiary alicyclic amines) is 1. The molecule has 0 saturated carbocycles. The number of nitrogens with zero attached hydrogens (tertiary/aromatic N) is 1. The van der Waals surface area contributed by atoms with E-state index < -0.39 is 0 Å². The Morgan fingerprint density at radius 1 is 1.30 bits per heavy atom. The Labute approximate surface area is 122 Å². The van der Waals surface area contributed by atoms with Crippen LogP contribution < -0.4 is 5.73 Å². The van der Waals surface area contributed by atoms with Gasteiger partial charge in [-0.3, -0.25) is 4.79 Å². The van der Waals surface area contributed by atoms with Gasteiger partial charge in [-0.1, -0.05) is 50.1 Å². The minimum Gasteiger partial charge on any atom is -0.341 e. The molecule has 0 aromatic heterocycles. The van der Waals surface area contributed by atoms with Gasteiger partial charge in [0.05, 0.1) is 6.04 Å². The summed E-state index contributed by atoms with van der Waals surface area (Å²) in [5.74, 6) is 0.733. The van der Waals surface area contributed by atoms with Crippen molar-refractivity contribution < 1.29 is 4.79 Å². The van der Waals surface area contributed by atoms with E-state index in [1.165, 1.54) is 5.56 Å². The molecule has 1 aromatic carbocycles. The molecule has 0 radical (unpaired) electrons. The summed E-state index contributed by atoms with van der Waals surface area (Å²) in [7, 11) is 0. The summed E-state index contributed by atoms with van der Waals surface area (Å²) in [5, 5.41) is 0. The molecule has 1 unspecified atom stereocenters. The maximum Gasteiger partial charge on any atom is 0.239 e. The van der Waals surface area contributed by atoms with Crippen molar-refractivity contribution in [3.8, 4) is 0 Å². The molecule has 1 amide bonds. The van der Waals surface area contributed by atoms with Crippen LogP contribution in [-0.2, 0) is 4.79 Å². The summed E-state index contributed by atoms with van der Waals surface area (Å²) in [6.45, 7) is 3.82. The third-order valence-corrected chi connectivity index (χ3v) is 4.26. The summed E-state index contributed by atoms with van der Waals surface area (Å²) in [6.07, 6.45) is 5.05. The Morgan fingerprint density at radius 3 is 2.55 bits per heavy atom. The average Bonchev–Trinajstić information content (AvgIpc) is 2.53. The van der Waals surface area contributed by atoms with E-state index in [9.17, 15) is 4.79 Å². The third-order valence-electron chi connectivity index (χ3n) is 4.26. The summed E-state index contributed by atoms with van der Waals surface area (Å²) in [5.41, 5.74) is 7.39. The summed E-state index contributed by atoms with van der Waals surface area (Å²) >= 11 is 0. The quantitative estimate of drug-likeness (QED) is 0.897. The topological polar surface area (TPSA) is 46.3 Å². The van der Waals surface area contributed by atoms with Gasteiger partial charge in [-0.25, -0.2) is 0 Å². The van der Waals surface area contributed by atoms with Crippen molar-refractivity contribution in [2.75, 3.05) is 13.1 Å². The Morgan fingerprint density at radius 2 is 1.95 bits per heavy atom. The molecule has 1 aliphatic heterocycles. The summed E-state index contributed by atoms with van der Waals surface area (Å²) < 4.78 is 0. The maximum atomic E-state index is 12.2. The van der Waals surface area contributed by atoms with E-state index in [1.54, 1.807) is 0 Å². The van der Waals surface area contributed by atoms with Crippen LogP contribution in [0.2, 0.25) is 0 Å². The van der Waals surface area contributed by atoms with E-state index in [-0.39, 0.29) is 11.9 Å². The van der Waals surface area contributed by atoms with Gasteiger partial charge in [-0.15, -0.1) is 0 Å². The minimum absolute atomic E-state index is 0.143. The second-order valence-corrected chi connectivity index (χ2v) is 5.76. The molecule has 1 aliphatic rings. The maximum absolute atomic E-state index is 12.2. The number of piperidine rings is 1. The van der Waals surface area contributed by atoms with Crippen LogP contribution in [0.3, 0.4) is 0 Å². The Kier molecular flexibility index (Phi) is 5.60. The molecule has 3 heteroatoms. The predicted molar refractivity (Wildman–Crippen MR) is 82.5 cm³/mol. The number of carbonyl (C=O) groups excluding carboxylic acids is 1. The van der Waals surface area contributed by atoms with Gasteiger partial charge in [-0.2, -0.15) is 0 Å². The van der Waals surface area contributed by atoms with Crippen LogP contribution in [0.4, 0.5) is 0 Å². The minimum atomic E-state index is -0.303. The number of benzene rings is 1. The molecule has 1 saturated heterocycles. The summed E-state index contributed by atoms with van der Waals surface area (Å²) in [6, 6.07) is 10.3. The molecule has 2 rings (SSSR count). The first kappa shape index (κ1) is 15.0. The van der Waals surface area contributed by atoms with Crippen LogP contribution in [-0.4, -0.2) is 29.9 Å². The van der Waals surface area contributed by atoms with E-state index in [4.69, 9.17) is 5.73 Å². The number of unbranched alkanes of at least 4 members (excludes halogenated alkanes) is 1. The standard InChI is InChI=1S/C17H26N2O/c1-2-3-9-16(18)17(20)19-12-10-15(11-13-19)14-7-5-4-6-8-14/h4-8,15-16H,2-3,9-13,18H2,1H3. The molecule has 1 aromatic rings. The van der Waals surface area contributed by atoms with E-state index in [1.807, 2.05) is 4.90 Å². The van der Waals surface area contributed by atoms with Gasteiger partial charge in [0.2, 0.25) is 5.91 Å². The van der Waals surface area contributed by atoms with Crippen molar-refractivity contribution in [2.45, 2.75) is 51.0 Å². The van der Waals surface area contributed by atoms with Crippen LogP contribution >= 0.6 is 0 Å². The number of hydrogen-bond acceptors (Lipinski definition) is 2. The molecule has 20 heavy (non-hydrogen) atoms. The normalized spacial score (nSPS) is 18.0. The van der Waals surface area contributed by atoms with Crippen LogP contribution in [0.25, 0.3) is 0 Å². The highest BCUT2D eigenvalue weighted by Gasteiger charge is 2.26. The Hall–Kier alpha value is -1.35. The molecule has 1 atom stereocenters. The van der Waals surface area contributed by atoms with Gasteiger partial charge in [0.25, 0.3) is 0 Å². The van der Waals surface area contributed by atoms with Crippen molar-refractivity contribution in [2.24, 2.45) is 5.73 Å². The fraction of sp³-hybridized carbons (Fsp3) is 0.588. The number of rotatable bonds is 5. The van der Waals surface area contributed by atoms with Crippen LogP contribution in [0, 0.1) is 0 Å². The number of nitrogens with two attached hydrogens (primary N) is 1. The molecule has 0 spiro atoms.